The summed E-state index contributed by atoms with van der Waals surface area (Å²) in [5, 5.41) is 8.43. The van der Waals surface area contributed by atoms with Gasteiger partial charge in [0, 0.05) is 43.7 Å². The summed E-state index contributed by atoms with van der Waals surface area (Å²) in [6.07, 6.45) is 5.57. The third-order valence-corrected chi connectivity index (χ3v) is 9.29. The van der Waals surface area contributed by atoms with Crippen LogP contribution in [0.4, 0.5) is 0 Å². The smallest absolute Gasteiger partial charge is 0.357 e. The maximum absolute atomic E-state index is 13.4. The van der Waals surface area contributed by atoms with Crippen molar-refractivity contribution in [3.63, 3.8) is 0 Å². The Kier molecular flexibility index (Phi) is 7.34. The lowest BCUT2D eigenvalue weighted by Crippen LogP contribution is -2.49. The van der Waals surface area contributed by atoms with Gasteiger partial charge in [-0.05, 0) is 43.7 Å². The van der Waals surface area contributed by atoms with Gasteiger partial charge >= 0.3 is 5.97 Å². The van der Waals surface area contributed by atoms with Crippen molar-refractivity contribution in [3.8, 4) is 0 Å². The first-order valence-electron chi connectivity index (χ1n) is 12.8. The van der Waals surface area contributed by atoms with Crippen molar-refractivity contribution in [3.05, 3.63) is 65.2 Å². The van der Waals surface area contributed by atoms with Crippen molar-refractivity contribution in [2.24, 2.45) is 5.92 Å². The lowest BCUT2D eigenvalue weighted by Gasteiger charge is -2.39. The molecule has 5 rings (SSSR count). The highest BCUT2D eigenvalue weighted by Gasteiger charge is 2.43. The number of aromatic nitrogens is 1. The van der Waals surface area contributed by atoms with E-state index in [1.807, 2.05) is 19.1 Å². The van der Waals surface area contributed by atoms with Gasteiger partial charge in [0.1, 0.15) is 5.76 Å². The van der Waals surface area contributed by atoms with Crippen molar-refractivity contribution >= 4 is 21.9 Å². The van der Waals surface area contributed by atoms with Crippen molar-refractivity contribution in [1.29, 1.82) is 0 Å². The van der Waals surface area contributed by atoms with Crippen molar-refractivity contribution < 1.29 is 27.4 Å². The van der Waals surface area contributed by atoms with Crippen LogP contribution in [0.3, 0.4) is 0 Å². The fraction of sp³-hybridized carbons (Fsp3) is 0.500. The largest absolute Gasteiger partial charge is 0.364 e. The van der Waals surface area contributed by atoms with E-state index in [1.165, 1.54) is 0 Å². The van der Waals surface area contributed by atoms with E-state index in [-0.39, 0.29) is 35.4 Å². The lowest BCUT2D eigenvalue weighted by atomic mass is 10.0. The van der Waals surface area contributed by atoms with Gasteiger partial charge in [-0.15, -0.1) is 5.06 Å². The van der Waals surface area contributed by atoms with Crippen molar-refractivity contribution in [2.45, 2.75) is 57.5 Å². The van der Waals surface area contributed by atoms with Crippen LogP contribution in [0.25, 0.3) is 0 Å². The van der Waals surface area contributed by atoms with Gasteiger partial charge in [0.25, 0.3) is 5.91 Å². The second kappa shape index (κ2) is 10.7. The molecule has 4 heterocycles. The Bertz CT molecular complexity index is 1270. The topological polar surface area (TPSA) is 122 Å². The summed E-state index contributed by atoms with van der Waals surface area (Å²) in [5.41, 5.74) is 1.49. The quantitative estimate of drug-likeness (QED) is 0.555. The zero-order valence-corrected chi connectivity index (χ0v) is 21.7. The van der Waals surface area contributed by atoms with Crippen LogP contribution < -0.4 is 5.32 Å². The second-order valence-electron chi connectivity index (χ2n) is 9.92. The summed E-state index contributed by atoms with van der Waals surface area (Å²) in [6, 6.07) is 10.1. The number of fused-ring (bicyclic) bond motifs is 2. The number of aryl methyl sites for hydroxylation is 1. The van der Waals surface area contributed by atoms with Crippen LogP contribution in [0.5, 0.6) is 0 Å². The van der Waals surface area contributed by atoms with Gasteiger partial charge in [0.2, 0.25) is 10.0 Å². The predicted octanol–water partition coefficient (Wildman–Crippen LogP) is 2.90. The van der Waals surface area contributed by atoms with Crippen LogP contribution >= 0.6 is 0 Å². The molecule has 198 valence electrons. The Morgan fingerprint density at radius 2 is 1.95 bits per heavy atom. The first-order valence-corrected chi connectivity index (χ1v) is 14.4. The number of hydrogen-bond donors (Lipinski definition) is 1. The molecule has 1 aromatic heterocycles. The van der Waals surface area contributed by atoms with Gasteiger partial charge in [-0.3, -0.25) is 9.10 Å². The molecule has 2 saturated heterocycles. The summed E-state index contributed by atoms with van der Waals surface area (Å²) >= 11 is 0. The summed E-state index contributed by atoms with van der Waals surface area (Å²) < 4.78 is 33.6. The molecule has 2 aromatic rings. The molecule has 0 aliphatic carbocycles. The predicted molar refractivity (Wildman–Crippen MR) is 135 cm³/mol. The standard InChI is InChI=1S/C26H32N4O6S/c1-2-23-16-24(28-35-23)25(31)27-20-14-21-8-9-22(15-20)30(21)37(33,34)17-18-10-12-29(13-11-18)36-26(32)19-6-4-3-5-7-19/h3-8,16,18,20,22H,2,9-15,17H2,1H3,(H,27,31)/t20-,22-/m0/s1. The number of rotatable bonds is 8. The molecule has 1 amide bonds. The highest BCUT2D eigenvalue weighted by molar-refractivity contribution is 7.89. The first-order chi connectivity index (χ1) is 17.8. The van der Waals surface area contributed by atoms with Gasteiger partial charge in [-0.2, -0.15) is 0 Å². The molecular weight excluding hydrogens is 496 g/mol. The molecule has 0 unspecified atom stereocenters. The number of hydroxylamine groups is 2. The molecular formula is C26H32N4O6S. The van der Waals surface area contributed by atoms with Crippen molar-refractivity contribution in [2.75, 3.05) is 18.8 Å². The third-order valence-electron chi connectivity index (χ3n) is 7.27. The summed E-state index contributed by atoms with van der Waals surface area (Å²) in [6.45, 7) is 2.92. The number of benzene rings is 1. The Morgan fingerprint density at radius 1 is 1.19 bits per heavy atom. The number of hydrogen-bond acceptors (Lipinski definition) is 8. The van der Waals surface area contributed by atoms with Gasteiger partial charge in [-0.1, -0.05) is 36.4 Å². The summed E-state index contributed by atoms with van der Waals surface area (Å²) in [5.74, 6) is 0.00362. The molecule has 2 fully saturated rings. The molecule has 0 radical (unpaired) electrons. The zero-order valence-electron chi connectivity index (χ0n) is 20.8. The molecule has 10 nitrogen and oxygen atoms in total. The minimum Gasteiger partial charge on any atom is -0.364 e. The summed E-state index contributed by atoms with van der Waals surface area (Å²) in [7, 11) is -3.51. The van der Waals surface area contributed by atoms with Crippen molar-refractivity contribution in [1.82, 2.24) is 19.8 Å². The number of amides is 1. The molecule has 2 atom stereocenters. The van der Waals surface area contributed by atoms with Crippen LogP contribution in [0.2, 0.25) is 0 Å². The molecule has 11 heteroatoms. The van der Waals surface area contributed by atoms with Crippen LogP contribution in [-0.2, 0) is 21.3 Å². The number of sulfonamides is 1. The number of carbonyl (C=O) groups is 2. The SMILES string of the molecule is CCc1cc(C(=O)N[C@H]2CC3=CC[C@@H](C2)N3S(=O)(=O)CC2CCN(OC(=O)c3ccccc3)CC2)no1. The molecule has 1 N–H and O–H groups in total. The minimum atomic E-state index is -3.51. The fourth-order valence-corrected chi connectivity index (χ4v) is 7.60. The molecule has 2 bridgehead atoms. The van der Waals surface area contributed by atoms with E-state index in [0.29, 0.717) is 62.9 Å². The Hall–Kier alpha value is -3.18. The average molecular weight is 529 g/mol. The Balaban J connectivity index is 1.12. The van der Waals surface area contributed by atoms with E-state index < -0.39 is 16.0 Å². The highest BCUT2D eigenvalue weighted by Crippen LogP contribution is 2.38. The Labute approximate surface area is 216 Å². The maximum atomic E-state index is 13.4. The van der Waals surface area contributed by atoms with E-state index in [0.717, 1.165) is 5.70 Å². The first kappa shape index (κ1) is 25.5. The molecule has 3 aliphatic rings. The highest BCUT2D eigenvalue weighted by atomic mass is 32.2. The second-order valence-corrected chi connectivity index (χ2v) is 11.8. The molecule has 37 heavy (non-hydrogen) atoms. The van der Waals surface area contributed by atoms with E-state index in [1.54, 1.807) is 39.7 Å². The average Bonchev–Trinajstić information content (AvgIpc) is 3.49. The van der Waals surface area contributed by atoms with Gasteiger partial charge in [0.15, 0.2) is 5.69 Å². The maximum Gasteiger partial charge on any atom is 0.357 e. The van der Waals surface area contributed by atoms with Crippen LogP contribution in [0.15, 0.2) is 52.7 Å². The third kappa shape index (κ3) is 5.72. The van der Waals surface area contributed by atoms with E-state index in [2.05, 4.69) is 10.5 Å². The monoisotopic (exact) mass is 528 g/mol. The molecule has 0 saturated carbocycles. The molecule has 0 spiro atoms. The van der Waals surface area contributed by atoms with Gasteiger partial charge in [-0.25, -0.2) is 13.2 Å². The number of nitrogens with zero attached hydrogens (tertiary/aromatic N) is 3. The van der Waals surface area contributed by atoms with Crippen LogP contribution in [-0.4, -0.2) is 65.7 Å². The fourth-order valence-electron chi connectivity index (χ4n) is 5.37. The molecule has 3 aliphatic heterocycles. The lowest BCUT2D eigenvalue weighted by molar-refractivity contribution is -0.124. The zero-order chi connectivity index (χ0) is 26.0. The van der Waals surface area contributed by atoms with E-state index in [9.17, 15) is 18.0 Å². The van der Waals surface area contributed by atoms with Gasteiger partial charge in [0.05, 0.1) is 17.4 Å². The molecule has 1 aromatic carbocycles. The normalized spacial score (nSPS) is 22.5. The van der Waals surface area contributed by atoms with Crippen LogP contribution in [0.1, 0.15) is 65.6 Å². The number of carbonyl (C=O) groups excluding carboxylic acids is 2. The minimum absolute atomic E-state index is 0.00553. The van der Waals surface area contributed by atoms with Gasteiger partial charge < -0.3 is 14.7 Å². The van der Waals surface area contributed by atoms with E-state index in [4.69, 9.17) is 9.36 Å². The summed E-state index contributed by atoms with van der Waals surface area (Å²) in [4.78, 5) is 30.3. The number of piperidine rings is 2. The van der Waals surface area contributed by atoms with Crippen LogP contribution in [0, 0.1) is 5.92 Å². The Morgan fingerprint density at radius 3 is 2.62 bits per heavy atom. The van der Waals surface area contributed by atoms with E-state index >= 15 is 0 Å². The number of nitrogens with one attached hydrogen (secondary N) is 1.